The number of carboxylic acid groups (broad SMARTS) is 1. The summed E-state index contributed by atoms with van der Waals surface area (Å²) in [5.41, 5.74) is 0.555. The first kappa shape index (κ1) is 19.0. The topological polar surface area (TPSA) is 104 Å². The molecule has 0 spiro atoms. The molecular formula is C19H22N2O6. The van der Waals surface area contributed by atoms with Gasteiger partial charge in [-0.2, -0.15) is 0 Å². The largest absolute Gasteiger partial charge is 0.479 e. The molecule has 1 N–H and O–H groups in total. The molecule has 8 nitrogen and oxygen atoms in total. The molecule has 1 fully saturated rings. The van der Waals surface area contributed by atoms with E-state index in [1.54, 1.807) is 45.0 Å². The Morgan fingerprint density at radius 1 is 1.11 bits per heavy atom. The predicted molar refractivity (Wildman–Crippen MR) is 94.1 cm³/mol. The lowest BCUT2D eigenvalue weighted by Crippen LogP contribution is -2.59. The summed E-state index contributed by atoms with van der Waals surface area (Å²) in [6, 6.07) is 5.46. The Morgan fingerprint density at radius 2 is 1.67 bits per heavy atom. The second-order valence-corrected chi connectivity index (χ2v) is 7.23. The van der Waals surface area contributed by atoms with Crippen LogP contribution >= 0.6 is 0 Å². The van der Waals surface area contributed by atoms with Gasteiger partial charge in [-0.1, -0.05) is 26.0 Å². The summed E-state index contributed by atoms with van der Waals surface area (Å²) in [6.45, 7) is 5.27. The van der Waals surface area contributed by atoms with Crippen LogP contribution in [0.1, 0.15) is 41.5 Å². The van der Waals surface area contributed by atoms with Crippen molar-refractivity contribution < 1.29 is 29.0 Å². The molecule has 144 valence electrons. The van der Waals surface area contributed by atoms with Gasteiger partial charge in [-0.25, -0.2) is 4.79 Å². The first-order valence-corrected chi connectivity index (χ1v) is 8.86. The molecule has 0 aliphatic carbocycles. The second kappa shape index (κ2) is 7.11. The number of rotatable bonds is 4. The highest BCUT2D eigenvalue weighted by Gasteiger charge is 2.46. The van der Waals surface area contributed by atoms with Crippen LogP contribution in [-0.2, 0) is 14.3 Å². The van der Waals surface area contributed by atoms with Crippen LogP contribution in [0.3, 0.4) is 0 Å². The summed E-state index contributed by atoms with van der Waals surface area (Å²) in [4.78, 5) is 52.5. The van der Waals surface area contributed by atoms with Crippen LogP contribution in [0.25, 0.3) is 0 Å². The average molecular weight is 374 g/mol. The van der Waals surface area contributed by atoms with E-state index in [0.717, 1.165) is 4.90 Å². The SMILES string of the molecule is CC(C)C(C(=O)N1CC(C(=O)O)O[C@H](C)C1)N1C(=O)c2ccccc2C1=O. The Bertz CT molecular complexity index is 770. The fourth-order valence-corrected chi connectivity index (χ4v) is 3.61. The van der Waals surface area contributed by atoms with Gasteiger partial charge >= 0.3 is 5.97 Å². The Kier molecular flexibility index (Phi) is 5.01. The van der Waals surface area contributed by atoms with Crippen molar-refractivity contribution in [1.29, 1.82) is 0 Å². The lowest BCUT2D eigenvalue weighted by molar-refractivity contribution is -0.168. The predicted octanol–water partition coefficient (Wildman–Crippen LogP) is 1.01. The van der Waals surface area contributed by atoms with Crippen LogP contribution in [0.4, 0.5) is 0 Å². The third kappa shape index (κ3) is 3.32. The van der Waals surface area contributed by atoms with Gasteiger partial charge in [0.2, 0.25) is 5.91 Å². The average Bonchev–Trinajstić information content (AvgIpc) is 2.86. The quantitative estimate of drug-likeness (QED) is 0.789. The number of imide groups is 1. The number of ether oxygens (including phenoxy) is 1. The molecule has 2 aliphatic heterocycles. The van der Waals surface area contributed by atoms with Gasteiger partial charge in [0.25, 0.3) is 11.8 Å². The van der Waals surface area contributed by atoms with Crippen LogP contribution in [0.5, 0.6) is 0 Å². The molecule has 1 aromatic carbocycles. The fraction of sp³-hybridized carbons (Fsp3) is 0.474. The van der Waals surface area contributed by atoms with Crippen LogP contribution in [-0.4, -0.2) is 69.9 Å². The molecule has 2 aliphatic rings. The molecule has 27 heavy (non-hydrogen) atoms. The molecule has 3 rings (SSSR count). The number of carbonyl (C=O) groups excluding carboxylic acids is 3. The van der Waals surface area contributed by atoms with E-state index in [1.807, 2.05) is 0 Å². The Hall–Kier alpha value is -2.74. The second-order valence-electron chi connectivity index (χ2n) is 7.23. The van der Waals surface area contributed by atoms with Gasteiger partial charge in [0.15, 0.2) is 6.10 Å². The molecule has 0 bridgehead atoms. The fourth-order valence-electron chi connectivity index (χ4n) is 3.61. The molecule has 3 atom stereocenters. The highest BCUT2D eigenvalue weighted by Crippen LogP contribution is 2.28. The van der Waals surface area contributed by atoms with E-state index in [2.05, 4.69) is 0 Å². The molecule has 3 amide bonds. The smallest absolute Gasteiger partial charge is 0.334 e. The molecule has 0 saturated carbocycles. The van der Waals surface area contributed by atoms with Crippen LogP contribution in [0.2, 0.25) is 0 Å². The summed E-state index contributed by atoms with van der Waals surface area (Å²) in [6.07, 6.45) is -1.59. The minimum atomic E-state index is -1.15. The number of carboxylic acids is 1. The van der Waals surface area contributed by atoms with Gasteiger partial charge in [-0.05, 0) is 25.0 Å². The van der Waals surface area contributed by atoms with Crippen molar-refractivity contribution in [3.63, 3.8) is 0 Å². The van der Waals surface area contributed by atoms with Gasteiger partial charge in [0.1, 0.15) is 6.04 Å². The maximum atomic E-state index is 13.2. The van der Waals surface area contributed by atoms with Gasteiger partial charge in [0, 0.05) is 6.54 Å². The van der Waals surface area contributed by atoms with E-state index in [1.165, 1.54) is 4.90 Å². The van der Waals surface area contributed by atoms with E-state index in [4.69, 9.17) is 4.74 Å². The van der Waals surface area contributed by atoms with Gasteiger partial charge in [-0.3, -0.25) is 19.3 Å². The number of amides is 3. The monoisotopic (exact) mass is 374 g/mol. The van der Waals surface area contributed by atoms with Crippen molar-refractivity contribution in [2.75, 3.05) is 13.1 Å². The Morgan fingerprint density at radius 3 is 2.15 bits per heavy atom. The zero-order valence-corrected chi connectivity index (χ0v) is 15.4. The molecule has 2 unspecified atom stereocenters. The van der Waals surface area contributed by atoms with Crippen molar-refractivity contribution in [3.05, 3.63) is 35.4 Å². The molecule has 8 heteroatoms. The number of aliphatic carboxylic acids is 1. The van der Waals surface area contributed by atoms with Gasteiger partial charge in [-0.15, -0.1) is 0 Å². The normalized spacial score (nSPS) is 23.6. The van der Waals surface area contributed by atoms with Crippen molar-refractivity contribution in [2.24, 2.45) is 5.92 Å². The third-order valence-corrected chi connectivity index (χ3v) is 4.84. The number of morpholine rings is 1. The van der Waals surface area contributed by atoms with Crippen molar-refractivity contribution in [1.82, 2.24) is 9.80 Å². The molecule has 1 aromatic rings. The van der Waals surface area contributed by atoms with Crippen molar-refractivity contribution >= 4 is 23.7 Å². The number of nitrogens with zero attached hydrogens (tertiary/aromatic N) is 2. The third-order valence-electron chi connectivity index (χ3n) is 4.84. The minimum Gasteiger partial charge on any atom is -0.479 e. The highest BCUT2D eigenvalue weighted by atomic mass is 16.5. The maximum absolute atomic E-state index is 13.2. The number of hydrogen-bond acceptors (Lipinski definition) is 5. The molecule has 0 radical (unpaired) electrons. The van der Waals surface area contributed by atoms with Crippen molar-refractivity contribution in [2.45, 2.75) is 39.0 Å². The van der Waals surface area contributed by atoms with Gasteiger partial charge in [0.05, 0.1) is 23.8 Å². The van der Waals surface area contributed by atoms with Gasteiger partial charge < -0.3 is 14.7 Å². The van der Waals surface area contributed by atoms with Crippen LogP contribution < -0.4 is 0 Å². The number of fused-ring (bicyclic) bond motifs is 1. The number of carbonyl (C=O) groups is 4. The zero-order valence-electron chi connectivity index (χ0n) is 15.4. The van der Waals surface area contributed by atoms with E-state index in [9.17, 15) is 24.3 Å². The van der Waals surface area contributed by atoms with E-state index >= 15 is 0 Å². The maximum Gasteiger partial charge on any atom is 0.334 e. The highest BCUT2D eigenvalue weighted by molar-refractivity contribution is 6.22. The molecular weight excluding hydrogens is 352 g/mol. The number of benzene rings is 1. The van der Waals surface area contributed by atoms with Crippen LogP contribution in [0, 0.1) is 5.92 Å². The summed E-state index contributed by atoms with van der Waals surface area (Å²) in [5.74, 6) is -2.93. The zero-order chi connectivity index (χ0) is 19.9. The van der Waals surface area contributed by atoms with Crippen LogP contribution in [0.15, 0.2) is 24.3 Å². The first-order valence-electron chi connectivity index (χ1n) is 8.86. The molecule has 0 aromatic heterocycles. The van der Waals surface area contributed by atoms with E-state index in [0.29, 0.717) is 0 Å². The summed E-state index contributed by atoms with van der Waals surface area (Å²) in [7, 11) is 0. The molecule has 2 heterocycles. The summed E-state index contributed by atoms with van der Waals surface area (Å²) in [5, 5.41) is 9.24. The summed E-state index contributed by atoms with van der Waals surface area (Å²) >= 11 is 0. The Labute approximate surface area is 156 Å². The lowest BCUT2D eigenvalue weighted by atomic mass is 10.00. The number of hydrogen-bond donors (Lipinski definition) is 1. The minimum absolute atomic E-state index is 0.120. The lowest BCUT2D eigenvalue weighted by Gasteiger charge is -2.39. The summed E-state index contributed by atoms with van der Waals surface area (Å²) < 4.78 is 5.35. The standard InChI is InChI=1S/C19H22N2O6/c1-10(2)15(18(24)20-8-11(3)27-14(9-20)19(25)26)21-16(22)12-6-4-5-7-13(12)17(21)23/h4-7,10-11,14-15H,8-9H2,1-3H3,(H,25,26)/t11-,14?,15?/m1/s1. The molecule has 1 saturated heterocycles. The van der Waals surface area contributed by atoms with E-state index in [-0.39, 0.29) is 30.1 Å². The van der Waals surface area contributed by atoms with E-state index < -0.39 is 41.9 Å². The Balaban J connectivity index is 1.90. The first-order chi connectivity index (χ1) is 12.7. The van der Waals surface area contributed by atoms with Crippen molar-refractivity contribution in [3.8, 4) is 0 Å².